The molecule has 0 aromatic carbocycles. The average Bonchev–Trinajstić information content (AvgIpc) is 3.25. The molecule has 0 saturated carbocycles. The van der Waals surface area contributed by atoms with Crippen LogP contribution in [-0.4, -0.2) is 62.9 Å². The minimum atomic E-state index is 0.230. The standard InChI is InChI=1S/C23H31N8O/c1-5-30(6-2)21-12-17(11-16(3)27-21)20-14-25-22(24)23(28-20)32-19-13-26-31(15-19)18-7-9-29(4)10-8-18/h11-15,18H,3,5-10H2,1-2,4H3,(H2,24,25). The van der Waals surface area contributed by atoms with Gasteiger partial charge in [-0.15, -0.1) is 0 Å². The monoisotopic (exact) mass is 435 g/mol. The molecule has 0 atom stereocenters. The van der Waals surface area contributed by atoms with Gasteiger partial charge in [-0.25, -0.2) is 15.0 Å². The van der Waals surface area contributed by atoms with Crippen LogP contribution in [0.1, 0.15) is 38.4 Å². The first kappa shape index (κ1) is 22.0. The highest BCUT2D eigenvalue weighted by Gasteiger charge is 2.20. The van der Waals surface area contributed by atoms with Gasteiger partial charge in [0.2, 0.25) is 0 Å². The average molecular weight is 436 g/mol. The van der Waals surface area contributed by atoms with E-state index in [-0.39, 0.29) is 11.7 Å². The molecule has 0 spiro atoms. The quantitative estimate of drug-likeness (QED) is 0.603. The van der Waals surface area contributed by atoms with Gasteiger partial charge in [0.15, 0.2) is 11.6 Å². The molecule has 0 aliphatic carbocycles. The zero-order chi connectivity index (χ0) is 22.7. The van der Waals surface area contributed by atoms with Gasteiger partial charge in [-0.2, -0.15) is 5.10 Å². The molecule has 0 bridgehead atoms. The van der Waals surface area contributed by atoms with Gasteiger partial charge in [-0.05, 0) is 65.9 Å². The molecule has 1 saturated heterocycles. The van der Waals surface area contributed by atoms with Crippen molar-refractivity contribution in [2.75, 3.05) is 43.9 Å². The Morgan fingerprint density at radius 1 is 1.16 bits per heavy atom. The maximum atomic E-state index is 6.07. The Morgan fingerprint density at radius 2 is 1.91 bits per heavy atom. The summed E-state index contributed by atoms with van der Waals surface area (Å²) < 4.78 is 7.96. The molecule has 9 heteroatoms. The third-order valence-electron chi connectivity index (χ3n) is 5.87. The van der Waals surface area contributed by atoms with Crippen molar-refractivity contribution in [1.82, 2.24) is 29.6 Å². The maximum Gasteiger partial charge on any atom is 0.263 e. The molecule has 169 valence electrons. The van der Waals surface area contributed by atoms with Crippen LogP contribution in [0.25, 0.3) is 11.3 Å². The van der Waals surface area contributed by atoms with E-state index in [0.29, 0.717) is 23.2 Å². The van der Waals surface area contributed by atoms with Crippen LogP contribution >= 0.6 is 0 Å². The maximum absolute atomic E-state index is 6.07. The van der Waals surface area contributed by atoms with Gasteiger partial charge in [0, 0.05) is 24.3 Å². The number of rotatable bonds is 7. The van der Waals surface area contributed by atoms with E-state index < -0.39 is 0 Å². The van der Waals surface area contributed by atoms with Gasteiger partial charge in [-0.1, -0.05) is 0 Å². The highest BCUT2D eigenvalue weighted by Crippen LogP contribution is 2.30. The van der Waals surface area contributed by atoms with Crippen LogP contribution in [0.5, 0.6) is 11.6 Å². The van der Waals surface area contributed by atoms with Crippen LogP contribution in [-0.2, 0) is 0 Å². The number of pyridine rings is 1. The third-order valence-corrected chi connectivity index (χ3v) is 5.87. The normalized spacial score (nSPS) is 15.1. The van der Waals surface area contributed by atoms with Crippen molar-refractivity contribution < 1.29 is 4.74 Å². The predicted molar refractivity (Wildman–Crippen MR) is 126 cm³/mol. The Balaban J connectivity index is 1.56. The first-order valence-corrected chi connectivity index (χ1v) is 11.1. The molecule has 0 unspecified atom stereocenters. The van der Waals surface area contributed by atoms with Crippen LogP contribution in [0.4, 0.5) is 11.6 Å². The lowest BCUT2D eigenvalue weighted by Crippen LogP contribution is -2.31. The highest BCUT2D eigenvalue weighted by atomic mass is 16.5. The zero-order valence-corrected chi connectivity index (χ0v) is 19.0. The van der Waals surface area contributed by atoms with E-state index in [9.17, 15) is 0 Å². The van der Waals surface area contributed by atoms with Crippen molar-refractivity contribution in [2.45, 2.75) is 32.7 Å². The molecule has 9 nitrogen and oxygen atoms in total. The Hall–Kier alpha value is -3.20. The molecule has 1 aliphatic rings. The van der Waals surface area contributed by atoms with Gasteiger partial charge in [0.25, 0.3) is 5.88 Å². The fourth-order valence-corrected chi connectivity index (χ4v) is 3.97. The number of hydrogen-bond donors (Lipinski definition) is 1. The van der Waals surface area contributed by atoms with Crippen LogP contribution in [0.15, 0.2) is 30.7 Å². The Kier molecular flexibility index (Phi) is 6.55. The van der Waals surface area contributed by atoms with Gasteiger partial charge in [-0.3, -0.25) is 4.68 Å². The van der Waals surface area contributed by atoms with E-state index in [2.05, 4.69) is 57.7 Å². The summed E-state index contributed by atoms with van der Waals surface area (Å²) in [6, 6.07) is 4.25. The minimum absolute atomic E-state index is 0.230. The third kappa shape index (κ3) is 4.83. The second-order valence-corrected chi connectivity index (χ2v) is 8.12. The lowest BCUT2D eigenvalue weighted by molar-refractivity contribution is 0.212. The van der Waals surface area contributed by atoms with Crippen molar-refractivity contribution in [3.8, 4) is 22.9 Å². The van der Waals surface area contributed by atoms with Crippen molar-refractivity contribution in [3.63, 3.8) is 0 Å². The number of piperidine rings is 1. The molecule has 3 aromatic heterocycles. The molecular formula is C23H31N8O. The van der Waals surface area contributed by atoms with Gasteiger partial charge in [0.05, 0.1) is 30.3 Å². The van der Waals surface area contributed by atoms with Gasteiger partial charge < -0.3 is 20.3 Å². The molecule has 3 aromatic rings. The molecule has 1 aliphatic heterocycles. The van der Waals surface area contributed by atoms with Crippen LogP contribution in [0, 0.1) is 6.92 Å². The number of nitrogens with zero attached hydrogens (tertiary/aromatic N) is 7. The second-order valence-electron chi connectivity index (χ2n) is 8.12. The number of anilines is 2. The molecule has 4 heterocycles. The summed E-state index contributed by atoms with van der Waals surface area (Å²) >= 11 is 0. The summed E-state index contributed by atoms with van der Waals surface area (Å²) in [6.07, 6.45) is 7.39. The van der Waals surface area contributed by atoms with Crippen LogP contribution in [0.3, 0.4) is 0 Å². The van der Waals surface area contributed by atoms with Crippen molar-refractivity contribution in [2.24, 2.45) is 0 Å². The molecule has 1 fully saturated rings. The fourth-order valence-electron chi connectivity index (χ4n) is 3.97. The number of nitrogens with two attached hydrogens (primary N) is 1. The summed E-state index contributed by atoms with van der Waals surface area (Å²) in [5.74, 6) is 1.95. The highest BCUT2D eigenvalue weighted by molar-refractivity contribution is 5.65. The predicted octanol–water partition coefficient (Wildman–Crippen LogP) is 3.40. The van der Waals surface area contributed by atoms with Gasteiger partial charge in [0.1, 0.15) is 5.82 Å². The van der Waals surface area contributed by atoms with E-state index in [0.717, 1.165) is 50.4 Å². The molecular weight excluding hydrogens is 404 g/mol. The number of ether oxygens (including phenoxy) is 1. The zero-order valence-electron chi connectivity index (χ0n) is 19.0. The van der Waals surface area contributed by atoms with E-state index >= 15 is 0 Å². The number of nitrogen functional groups attached to an aromatic ring is 1. The lowest BCUT2D eigenvalue weighted by atomic mass is 10.1. The Bertz CT molecular complexity index is 1050. The number of likely N-dealkylation sites (tertiary alicyclic amines) is 1. The van der Waals surface area contributed by atoms with E-state index in [1.807, 2.05) is 23.0 Å². The molecule has 4 rings (SSSR count). The number of aromatic nitrogens is 5. The van der Waals surface area contributed by atoms with Crippen molar-refractivity contribution in [1.29, 1.82) is 0 Å². The van der Waals surface area contributed by atoms with Crippen molar-refractivity contribution >= 4 is 11.6 Å². The summed E-state index contributed by atoms with van der Waals surface area (Å²) in [5.41, 5.74) is 8.26. The summed E-state index contributed by atoms with van der Waals surface area (Å²) in [7, 11) is 2.15. The van der Waals surface area contributed by atoms with E-state index in [4.69, 9.17) is 10.5 Å². The smallest absolute Gasteiger partial charge is 0.263 e. The van der Waals surface area contributed by atoms with Crippen LogP contribution < -0.4 is 15.4 Å². The van der Waals surface area contributed by atoms with Gasteiger partial charge >= 0.3 is 0 Å². The molecule has 2 N–H and O–H groups in total. The topological polar surface area (TPSA) is 98.2 Å². The molecule has 0 amide bonds. The number of hydrogen-bond acceptors (Lipinski definition) is 8. The van der Waals surface area contributed by atoms with E-state index in [1.165, 1.54) is 0 Å². The fraction of sp³-hybridized carbons (Fsp3) is 0.435. The Morgan fingerprint density at radius 3 is 2.62 bits per heavy atom. The summed E-state index contributed by atoms with van der Waals surface area (Å²) in [5, 5.41) is 4.49. The largest absolute Gasteiger partial charge is 0.433 e. The Labute approximate surface area is 189 Å². The first-order chi connectivity index (χ1) is 15.5. The first-order valence-electron chi connectivity index (χ1n) is 11.1. The van der Waals surface area contributed by atoms with Crippen molar-refractivity contribution in [3.05, 3.63) is 43.3 Å². The minimum Gasteiger partial charge on any atom is -0.433 e. The molecule has 32 heavy (non-hydrogen) atoms. The molecule has 1 radical (unpaired) electrons. The second kappa shape index (κ2) is 9.52. The lowest BCUT2D eigenvalue weighted by Gasteiger charge is -2.28. The SMILES string of the molecule is [CH2]c1cc(-c2cnc(N)c(Oc3cnn(C4CCN(C)CC4)c3)n2)cc(N(CC)CC)n1. The van der Waals surface area contributed by atoms with Crippen LogP contribution in [0.2, 0.25) is 0 Å². The van der Waals surface area contributed by atoms with E-state index in [1.54, 1.807) is 12.4 Å². The summed E-state index contributed by atoms with van der Waals surface area (Å²) in [4.78, 5) is 18.0. The summed E-state index contributed by atoms with van der Waals surface area (Å²) in [6.45, 7) is 12.1.